The number of benzene rings is 2. The third-order valence-corrected chi connectivity index (χ3v) is 7.26. The summed E-state index contributed by atoms with van der Waals surface area (Å²) in [5.41, 5.74) is 3.64. The van der Waals surface area contributed by atoms with E-state index in [1.165, 1.54) is 11.1 Å². The fraction of sp³-hybridized carbons (Fsp3) is 0.536. The molecule has 0 saturated carbocycles. The van der Waals surface area contributed by atoms with Crippen LogP contribution >= 0.6 is 23.8 Å². The first-order valence-electron chi connectivity index (χ1n) is 12.2. The van der Waals surface area contributed by atoms with Crippen molar-refractivity contribution in [2.24, 2.45) is 0 Å². The molecule has 34 heavy (non-hydrogen) atoms. The van der Waals surface area contributed by atoms with Gasteiger partial charge in [-0.2, -0.15) is 0 Å². The van der Waals surface area contributed by atoms with Crippen LogP contribution in [0.15, 0.2) is 36.4 Å². The Labute approximate surface area is 216 Å². The lowest BCUT2D eigenvalue weighted by Gasteiger charge is -2.30. The van der Waals surface area contributed by atoms with Crippen LogP contribution in [0.3, 0.4) is 0 Å². The Morgan fingerprint density at radius 2 is 1.62 bits per heavy atom. The molecule has 2 aromatic carbocycles. The van der Waals surface area contributed by atoms with Gasteiger partial charge in [-0.25, -0.2) is 0 Å². The van der Waals surface area contributed by atoms with Crippen LogP contribution in [0.4, 0.5) is 5.69 Å². The molecule has 0 amide bonds. The van der Waals surface area contributed by atoms with Crippen LogP contribution in [0.1, 0.15) is 78.4 Å². The SMILES string of the molecule is CCC(C)(C)c1ccc(OCCCCNC(=S)Nc2cc(Cl)ccc2OC)c(C(C)(C)CC)c1. The van der Waals surface area contributed by atoms with E-state index in [2.05, 4.69) is 70.4 Å². The Morgan fingerprint density at radius 1 is 0.941 bits per heavy atom. The molecule has 0 heterocycles. The average Bonchev–Trinajstić information content (AvgIpc) is 2.81. The number of unbranched alkanes of at least 4 members (excludes halogenated alkanes) is 1. The van der Waals surface area contributed by atoms with Crippen LogP contribution in [-0.2, 0) is 10.8 Å². The lowest BCUT2D eigenvalue weighted by Crippen LogP contribution is -2.29. The number of nitrogens with one attached hydrogen (secondary N) is 2. The lowest BCUT2D eigenvalue weighted by atomic mass is 9.76. The van der Waals surface area contributed by atoms with Gasteiger partial charge in [0.1, 0.15) is 11.5 Å². The van der Waals surface area contributed by atoms with Crippen molar-refractivity contribution in [2.75, 3.05) is 25.6 Å². The highest BCUT2D eigenvalue weighted by Gasteiger charge is 2.26. The van der Waals surface area contributed by atoms with Gasteiger partial charge in [-0.3, -0.25) is 0 Å². The van der Waals surface area contributed by atoms with Gasteiger partial charge >= 0.3 is 0 Å². The number of rotatable bonds is 12. The maximum absolute atomic E-state index is 6.27. The fourth-order valence-electron chi connectivity index (χ4n) is 3.56. The largest absolute Gasteiger partial charge is 0.495 e. The Bertz CT molecular complexity index is 959. The molecule has 0 aromatic heterocycles. The highest BCUT2D eigenvalue weighted by Crippen LogP contribution is 2.38. The Morgan fingerprint density at radius 3 is 2.26 bits per heavy atom. The van der Waals surface area contributed by atoms with E-state index >= 15 is 0 Å². The van der Waals surface area contributed by atoms with Crippen molar-refractivity contribution < 1.29 is 9.47 Å². The van der Waals surface area contributed by atoms with Gasteiger partial charge in [-0.05, 0) is 78.6 Å². The standard InChI is InChI=1S/C28H41ClN2O2S/c1-8-27(3,4)20-12-14-24(22(18-20)28(5,6)9-2)33-17-11-10-16-30-26(34)31-23-19-21(29)13-15-25(23)32-7/h12-15,18-19H,8-11,16-17H2,1-7H3,(H2,30,31,34). The van der Waals surface area contributed by atoms with Crippen molar-refractivity contribution in [3.05, 3.63) is 52.5 Å². The molecule has 0 saturated heterocycles. The number of halogens is 1. The Balaban J connectivity index is 1.88. The summed E-state index contributed by atoms with van der Waals surface area (Å²) in [6.07, 6.45) is 4.05. The summed E-state index contributed by atoms with van der Waals surface area (Å²) < 4.78 is 11.6. The summed E-state index contributed by atoms with van der Waals surface area (Å²) >= 11 is 11.5. The number of thiocarbonyl (C=S) groups is 1. The van der Waals surface area contributed by atoms with Crippen LogP contribution in [0.5, 0.6) is 11.5 Å². The van der Waals surface area contributed by atoms with E-state index in [9.17, 15) is 0 Å². The maximum atomic E-state index is 6.27. The quantitative estimate of drug-likeness (QED) is 0.227. The van der Waals surface area contributed by atoms with Crippen LogP contribution in [0, 0.1) is 0 Å². The molecule has 0 unspecified atom stereocenters. The first-order chi connectivity index (χ1) is 16.0. The van der Waals surface area contributed by atoms with E-state index in [1.807, 2.05) is 6.07 Å². The lowest BCUT2D eigenvalue weighted by molar-refractivity contribution is 0.296. The predicted molar refractivity (Wildman–Crippen MR) is 150 cm³/mol. The molecule has 0 aliphatic carbocycles. The first-order valence-corrected chi connectivity index (χ1v) is 13.0. The second kappa shape index (κ2) is 12.6. The second-order valence-corrected chi connectivity index (χ2v) is 10.8. The summed E-state index contributed by atoms with van der Waals surface area (Å²) in [6.45, 7) is 15.1. The van der Waals surface area contributed by atoms with Crippen LogP contribution < -0.4 is 20.1 Å². The van der Waals surface area contributed by atoms with Crippen molar-refractivity contribution >= 4 is 34.6 Å². The minimum absolute atomic E-state index is 0.0654. The zero-order valence-electron chi connectivity index (χ0n) is 21.8. The number of hydrogen-bond acceptors (Lipinski definition) is 3. The molecular weight excluding hydrogens is 464 g/mol. The molecule has 2 aromatic rings. The summed E-state index contributed by atoms with van der Waals surface area (Å²) in [5, 5.41) is 7.56. The molecule has 2 rings (SSSR count). The molecule has 6 heteroatoms. The smallest absolute Gasteiger partial charge is 0.170 e. The van der Waals surface area contributed by atoms with Gasteiger partial charge in [0, 0.05) is 17.1 Å². The van der Waals surface area contributed by atoms with E-state index in [-0.39, 0.29) is 10.8 Å². The number of anilines is 1. The average molecular weight is 505 g/mol. The Hall–Kier alpha value is -1.98. The molecule has 0 fully saturated rings. The van der Waals surface area contributed by atoms with Gasteiger partial charge in [0.05, 0.1) is 19.4 Å². The summed E-state index contributed by atoms with van der Waals surface area (Å²) in [6, 6.07) is 12.1. The molecular formula is C28H41ClN2O2S. The summed E-state index contributed by atoms with van der Waals surface area (Å²) in [7, 11) is 1.62. The Kier molecular flexibility index (Phi) is 10.5. The minimum atomic E-state index is 0.0654. The molecule has 188 valence electrons. The molecule has 0 atom stereocenters. The third kappa shape index (κ3) is 7.78. The van der Waals surface area contributed by atoms with Gasteiger partial charge < -0.3 is 20.1 Å². The summed E-state index contributed by atoms with van der Waals surface area (Å²) in [5.74, 6) is 1.70. The highest BCUT2D eigenvalue weighted by molar-refractivity contribution is 7.80. The van der Waals surface area contributed by atoms with Crippen LogP contribution in [0.25, 0.3) is 0 Å². The van der Waals surface area contributed by atoms with E-state index < -0.39 is 0 Å². The number of ether oxygens (including phenoxy) is 2. The topological polar surface area (TPSA) is 42.5 Å². The molecule has 2 N–H and O–H groups in total. The van der Waals surface area contributed by atoms with E-state index in [0.717, 1.165) is 43.7 Å². The first kappa shape index (κ1) is 28.3. The van der Waals surface area contributed by atoms with Crippen LogP contribution in [0.2, 0.25) is 5.02 Å². The highest BCUT2D eigenvalue weighted by atomic mass is 35.5. The monoisotopic (exact) mass is 504 g/mol. The van der Waals surface area contributed by atoms with E-state index in [4.69, 9.17) is 33.3 Å². The summed E-state index contributed by atoms with van der Waals surface area (Å²) in [4.78, 5) is 0. The minimum Gasteiger partial charge on any atom is -0.495 e. The molecule has 0 spiro atoms. The molecule has 4 nitrogen and oxygen atoms in total. The molecule has 0 aliphatic heterocycles. The zero-order chi connectivity index (χ0) is 25.4. The van der Waals surface area contributed by atoms with Gasteiger partial charge in [-0.1, -0.05) is 65.3 Å². The van der Waals surface area contributed by atoms with Crippen molar-refractivity contribution in [3.8, 4) is 11.5 Å². The molecule has 0 aliphatic rings. The van der Waals surface area contributed by atoms with Crippen molar-refractivity contribution in [2.45, 2.75) is 78.1 Å². The van der Waals surface area contributed by atoms with Gasteiger partial charge in [-0.15, -0.1) is 0 Å². The maximum Gasteiger partial charge on any atom is 0.170 e. The molecule has 0 radical (unpaired) electrons. The number of methoxy groups -OCH3 is 1. The number of hydrogen-bond donors (Lipinski definition) is 2. The normalized spacial score (nSPS) is 11.8. The fourth-order valence-corrected chi connectivity index (χ4v) is 3.94. The van der Waals surface area contributed by atoms with Crippen molar-refractivity contribution in [1.82, 2.24) is 5.32 Å². The van der Waals surface area contributed by atoms with E-state index in [0.29, 0.717) is 22.5 Å². The van der Waals surface area contributed by atoms with Crippen LogP contribution in [-0.4, -0.2) is 25.4 Å². The van der Waals surface area contributed by atoms with Gasteiger partial charge in [0.2, 0.25) is 0 Å². The predicted octanol–water partition coefficient (Wildman–Crippen LogP) is 7.87. The van der Waals surface area contributed by atoms with E-state index in [1.54, 1.807) is 19.2 Å². The van der Waals surface area contributed by atoms with Gasteiger partial charge in [0.25, 0.3) is 0 Å². The van der Waals surface area contributed by atoms with Crippen molar-refractivity contribution in [3.63, 3.8) is 0 Å². The van der Waals surface area contributed by atoms with Crippen molar-refractivity contribution in [1.29, 1.82) is 0 Å². The molecule has 0 bridgehead atoms. The third-order valence-electron chi connectivity index (χ3n) is 6.78. The second-order valence-electron chi connectivity index (χ2n) is 9.97. The van der Waals surface area contributed by atoms with Gasteiger partial charge in [0.15, 0.2) is 5.11 Å². The zero-order valence-corrected chi connectivity index (χ0v) is 23.4.